The van der Waals surface area contributed by atoms with Gasteiger partial charge in [-0.2, -0.15) is 24.3 Å². The van der Waals surface area contributed by atoms with Gasteiger partial charge in [0.25, 0.3) is 0 Å². The van der Waals surface area contributed by atoms with Crippen LogP contribution in [0.4, 0.5) is 0 Å². The Morgan fingerprint density at radius 3 is 1.38 bits per heavy atom. The van der Waals surface area contributed by atoms with Crippen molar-refractivity contribution in [2.45, 2.75) is 13.1 Å². The minimum Gasteiger partial charge on any atom is -1.00 e. The molecular weight excluding hydrogens is 590 g/mol. The van der Waals surface area contributed by atoms with E-state index in [0.29, 0.717) is 0 Å². The summed E-state index contributed by atoms with van der Waals surface area (Å²) in [4.78, 5) is 0. The summed E-state index contributed by atoms with van der Waals surface area (Å²) in [5.74, 6) is 0. The third-order valence-corrected chi connectivity index (χ3v) is 4.63. The van der Waals surface area contributed by atoms with Crippen LogP contribution >= 0.6 is 31.9 Å². The van der Waals surface area contributed by atoms with Crippen molar-refractivity contribution in [3.63, 3.8) is 0 Å². The van der Waals surface area contributed by atoms with E-state index in [2.05, 4.69) is 106 Å². The molecule has 0 spiro atoms. The molecule has 0 saturated heterocycles. The van der Waals surface area contributed by atoms with Gasteiger partial charge in [0.2, 0.25) is 0 Å². The Kier molecular flexibility index (Phi) is 13.6. The van der Waals surface area contributed by atoms with E-state index < -0.39 is 0 Å². The second-order valence-electron chi connectivity index (χ2n) is 5.54. The first-order valence-corrected chi connectivity index (χ1v) is 15.4. The number of hydrogen-bond acceptors (Lipinski definition) is 0. The Bertz CT molecular complexity index is 871. The van der Waals surface area contributed by atoms with E-state index in [1.54, 1.807) is 23.3 Å². The van der Waals surface area contributed by atoms with Crippen LogP contribution in [0.5, 0.6) is 0 Å². The van der Waals surface area contributed by atoms with Crippen molar-refractivity contribution < 1.29 is 48.1 Å². The van der Waals surface area contributed by atoms with Crippen molar-refractivity contribution in [1.29, 1.82) is 0 Å². The van der Waals surface area contributed by atoms with Gasteiger partial charge in [-0.1, -0.05) is 44.0 Å². The second kappa shape index (κ2) is 13.5. The average Bonchev–Trinajstić information content (AvgIpc) is 3.17. The summed E-state index contributed by atoms with van der Waals surface area (Å²) >= 11 is 8.69. The number of hydrogen-bond donors (Lipinski definition) is 0. The topological polar surface area (TPSA) is 0 Å². The van der Waals surface area contributed by atoms with Gasteiger partial charge in [0.15, 0.2) is 0 Å². The maximum atomic E-state index is 3.48. The maximum Gasteiger partial charge on any atom is -1.00 e. The molecule has 0 nitrogen and oxygen atoms in total. The normalized spacial score (nSPS) is 9.15. The molecule has 0 atom stereocenters. The molecule has 0 aliphatic heterocycles. The first-order valence-electron chi connectivity index (χ1n) is 7.60. The van der Waals surface area contributed by atoms with E-state index in [0.717, 1.165) is 0 Å². The van der Waals surface area contributed by atoms with Crippen molar-refractivity contribution in [2.24, 2.45) is 0 Å². The van der Waals surface area contributed by atoms with Gasteiger partial charge in [0, 0.05) is 0 Å². The summed E-state index contributed by atoms with van der Waals surface area (Å²) in [5, 5.41) is 5.19. The number of rotatable bonds is 0. The number of fused-ring (bicyclic) bond motifs is 2. The van der Waals surface area contributed by atoms with Crippen molar-refractivity contribution in [3.8, 4) is 0 Å². The molecule has 0 aromatic heterocycles. The largest absolute Gasteiger partial charge is 1.00 e. The van der Waals surface area contributed by atoms with E-state index in [1.165, 1.54) is 30.5 Å². The zero-order valence-electron chi connectivity index (χ0n) is 14.4. The van der Waals surface area contributed by atoms with Crippen molar-refractivity contribution in [2.75, 3.05) is 0 Å². The smallest absolute Gasteiger partial charge is 1.00 e. The van der Waals surface area contributed by atoms with Gasteiger partial charge in [-0.15, -0.1) is 57.9 Å². The molecule has 4 aromatic rings. The molecule has 0 heterocycles. The van der Waals surface area contributed by atoms with Gasteiger partial charge in [-0.3, -0.25) is 0 Å². The molecule has 0 aliphatic carbocycles. The molecule has 0 N–H and O–H groups in total. The van der Waals surface area contributed by atoms with Gasteiger partial charge in [0.1, 0.15) is 0 Å². The third-order valence-electron chi connectivity index (χ3n) is 3.25. The SMILES string of the molecule is Brc1cccc2[cH-]ccc12.Brc1cccc2[cH-]ccc12.C[Si](C)=[Zr+2].[Cl-].[Cl-]. The molecule has 6 heteroatoms. The number of benzene rings is 2. The van der Waals surface area contributed by atoms with E-state index in [4.69, 9.17) is 0 Å². The second-order valence-corrected chi connectivity index (χ2v) is 16.6. The summed E-state index contributed by atoms with van der Waals surface area (Å²) in [6, 6.07) is 25.0. The Balaban J connectivity index is 0.000000378. The Hall–Kier alpha value is 0.300. The summed E-state index contributed by atoms with van der Waals surface area (Å²) in [5.41, 5.74) is 0.210. The quantitative estimate of drug-likeness (QED) is 0.210. The fourth-order valence-corrected chi connectivity index (χ4v) is 3.27. The molecule has 136 valence electrons. The molecular formula is C20H18Br2Cl2SiZr-2. The maximum absolute atomic E-state index is 3.48. The zero-order chi connectivity index (χ0) is 17.5. The van der Waals surface area contributed by atoms with Crippen LogP contribution in [-0.4, -0.2) is 5.43 Å². The molecule has 4 rings (SSSR count). The van der Waals surface area contributed by atoms with Crippen molar-refractivity contribution in [1.82, 2.24) is 0 Å². The van der Waals surface area contributed by atoms with E-state index >= 15 is 0 Å². The monoisotopic (exact) mass is 604 g/mol. The van der Waals surface area contributed by atoms with E-state index in [-0.39, 0.29) is 30.2 Å². The first-order chi connectivity index (χ1) is 11.5. The van der Waals surface area contributed by atoms with Crippen molar-refractivity contribution in [3.05, 3.63) is 81.7 Å². The van der Waals surface area contributed by atoms with Gasteiger partial charge >= 0.3 is 41.9 Å². The van der Waals surface area contributed by atoms with Gasteiger partial charge in [0.05, 0.1) is 0 Å². The van der Waals surface area contributed by atoms with Gasteiger partial charge in [-0.25, -0.2) is 0 Å². The Morgan fingerprint density at radius 1 is 0.731 bits per heavy atom. The Morgan fingerprint density at radius 2 is 1.08 bits per heavy atom. The fourth-order valence-electron chi connectivity index (χ4n) is 2.25. The molecule has 4 aromatic carbocycles. The van der Waals surface area contributed by atoms with E-state index in [9.17, 15) is 0 Å². The molecule has 0 aliphatic rings. The number of halogens is 4. The summed E-state index contributed by atoms with van der Waals surface area (Å²) in [7, 11) is 0. The van der Waals surface area contributed by atoms with Gasteiger partial charge < -0.3 is 24.8 Å². The standard InChI is InChI=1S/2C9H6Br.C2H6Si.2ClH.Zr/c2*10-9-6-2-4-7-3-1-5-8(7)9;1-3-2;;;/h2*1-6H;1-2H3;2*1H;/q2*-1;;;;+2/p-2. The van der Waals surface area contributed by atoms with Crippen LogP contribution in [0.3, 0.4) is 0 Å². The summed E-state index contributed by atoms with van der Waals surface area (Å²) in [6.45, 7) is 4.62. The minimum atomic E-state index is 0. The molecule has 0 saturated carbocycles. The van der Waals surface area contributed by atoms with Gasteiger partial charge in [-0.05, 0) is 8.95 Å². The van der Waals surface area contributed by atoms with Crippen LogP contribution in [-0.2, 0) is 23.3 Å². The molecule has 26 heavy (non-hydrogen) atoms. The van der Waals surface area contributed by atoms with Crippen LogP contribution < -0.4 is 24.8 Å². The van der Waals surface area contributed by atoms with Crippen LogP contribution in [0.1, 0.15) is 0 Å². The molecule has 0 unspecified atom stereocenters. The van der Waals surface area contributed by atoms with Crippen molar-refractivity contribution >= 4 is 58.8 Å². The molecule has 0 radical (unpaired) electrons. The van der Waals surface area contributed by atoms with Crippen LogP contribution in [0.2, 0.25) is 13.1 Å². The molecule has 0 amide bonds. The third kappa shape index (κ3) is 8.12. The minimum absolute atomic E-state index is 0. The first kappa shape index (κ1) is 26.3. The predicted molar refractivity (Wildman–Crippen MR) is 112 cm³/mol. The zero-order valence-corrected chi connectivity index (χ0v) is 22.6. The van der Waals surface area contributed by atoms with Crippen LogP contribution in [0.15, 0.2) is 81.7 Å². The van der Waals surface area contributed by atoms with E-state index in [1.807, 2.05) is 12.1 Å². The Labute approximate surface area is 199 Å². The fraction of sp³-hybridized carbons (Fsp3) is 0.100. The summed E-state index contributed by atoms with van der Waals surface area (Å²) in [6.07, 6.45) is 0. The molecule has 0 bridgehead atoms. The van der Waals surface area contributed by atoms with Crippen LogP contribution in [0, 0.1) is 0 Å². The molecule has 0 fully saturated rings. The summed E-state index contributed by atoms with van der Waals surface area (Å²) < 4.78 is 2.35. The average molecular weight is 608 g/mol. The predicted octanol–water partition coefficient (Wildman–Crippen LogP) is 1.43. The van der Waals surface area contributed by atoms with Crippen LogP contribution in [0.25, 0.3) is 21.5 Å².